The molecule has 1 N–H and O–H groups in total. The first kappa shape index (κ1) is 13.0. The van der Waals surface area contributed by atoms with Gasteiger partial charge in [-0.3, -0.25) is 4.68 Å². The van der Waals surface area contributed by atoms with Gasteiger partial charge in [0.25, 0.3) is 0 Å². The summed E-state index contributed by atoms with van der Waals surface area (Å²) in [6, 6.07) is 0. The van der Waals surface area contributed by atoms with Crippen molar-refractivity contribution in [2.24, 2.45) is 0 Å². The zero-order valence-electron chi connectivity index (χ0n) is 10.5. The highest BCUT2D eigenvalue weighted by atomic mass is 32.2. The second kappa shape index (κ2) is 6.45. The summed E-state index contributed by atoms with van der Waals surface area (Å²) in [6.45, 7) is 2.97. The lowest BCUT2D eigenvalue weighted by Gasteiger charge is -2.12. The van der Waals surface area contributed by atoms with Crippen molar-refractivity contribution in [3.63, 3.8) is 0 Å². The second-order valence-electron chi connectivity index (χ2n) is 4.80. The summed E-state index contributed by atoms with van der Waals surface area (Å²) in [5.74, 6) is 0.863. The Balaban J connectivity index is 1.70. The Bertz CT molecular complexity index is 334. The Kier molecular flexibility index (Phi) is 4.92. The van der Waals surface area contributed by atoms with Crippen LogP contribution in [0.2, 0.25) is 0 Å². The third-order valence-electron chi connectivity index (χ3n) is 3.31. The van der Waals surface area contributed by atoms with Gasteiger partial charge in [0.05, 0.1) is 12.3 Å². The third kappa shape index (κ3) is 4.03. The molecule has 0 radical (unpaired) electrons. The van der Waals surface area contributed by atoms with Gasteiger partial charge in [-0.15, -0.1) is 0 Å². The van der Waals surface area contributed by atoms with Crippen LogP contribution in [0, 0.1) is 0 Å². The number of aliphatic hydroxyl groups excluding tert-OH is 1. The van der Waals surface area contributed by atoms with Gasteiger partial charge in [-0.1, -0.05) is 12.8 Å². The van der Waals surface area contributed by atoms with Gasteiger partial charge in [0.1, 0.15) is 0 Å². The quantitative estimate of drug-likeness (QED) is 0.847. The number of aliphatic hydroxyl groups is 1. The van der Waals surface area contributed by atoms with Gasteiger partial charge >= 0.3 is 0 Å². The molecular weight excluding hydrogens is 232 g/mol. The average Bonchev–Trinajstić information content (AvgIpc) is 2.97. The molecule has 1 aliphatic rings. The zero-order chi connectivity index (χ0) is 12.1. The third-order valence-corrected chi connectivity index (χ3v) is 4.83. The monoisotopic (exact) mass is 254 g/mol. The topological polar surface area (TPSA) is 38.0 Å². The molecule has 1 saturated carbocycles. The first-order chi connectivity index (χ1) is 8.28. The van der Waals surface area contributed by atoms with Crippen LogP contribution in [0.4, 0.5) is 0 Å². The molecule has 0 amide bonds. The summed E-state index contributed by atoms with van der Waals surface area (Å²) in [5.41, 5.74) is 1.14. The largest absolute Gasteiger partial charge is 0.392 e. The van der Waals surface area contributed by atoms with Crippen LogP contribution in [-0.4, -0.2) is 32.0 Å². The summed E-state index contributed by atoms with van der Waals surface area (Å²) < 4.78 is 1.91. The predicted octanol–water partition coefficient (Wildman–Crippen LogP) is 2.48. The maximum Gasteiger partial charge on any atom is 0.0672 e. The van der Waals surface area contributed by atoms with Crippen molar-refractivity contribution in [2.75, 3.05) is 5.75 Å². The molecule has 1 aromatic rings. The molecule has 96 valence electrons. The van der Waals surface area contributed by atoms with Crippen molar-refractivity contribution < 1.29 is 5.11 Å². The van der Waals surface area contributed by atoms with Crippen LogP contribution in [-0.2, 0) is 13.0 Å². The lowest BCUT2D eigenvalue weighted by Crippen LogP contribution is -2.15. The minimum atomic E-state index is -0.227. The molecule has 0 bridgehead atoms. The molecule has 1 unspecified atom stereocenters. The van der Waals surface area contributed by atoms with Crippen molar-refractivity contribution in [2.45, 2.75) is 56.9 Å². The van der Waals surface area contributed by atoms with E-state index < -0.39 is 0 Å². The van der Waals surface area contributed by atoms with Crippen molar-refractivity contribution in [3.05, 3.63) is 18.0 Å². The molecule has 1 aromatic heterocycles. The van der Waals surface area contributed by atoms with Crippen LogP contribution in [0.5, 0.6) is 0 Å². The smallest absolute Gasteiger partial charge is 0.0672 e. The van der Waals surface area contributed by atoms with Crippen LogP contribution in [0.1, 0.15) is 38.2 Å². The number of hydrogen-bond acceptors (Lipinski definition) is 3. The fourth-order valence-corrected chi connectivity index (χ4v) is 3.60. The molecule has 1 atom stereocenters. The van der Waals surface area contributed by atoms with E-state index in [4.69, 9.17) is 0 Å². The van der Waals surface area contributed by atoms with Crippen molar-refractivity contribution in [1.29, 1.82) is 0 Å². The number of aryl methyl sites for hydroxylation is 1. The summed E-state index contributed by atoms with van der Waals surface area (Å²) in [5, 5.41) is 15.0. The fraction of sp³-hybridized carbons (Fsp3) is 0.769. The summed E-state index contributed by atoms with van der Waals surface area (Å²) in [6.07, 6.45) is 9.83. The Labute approximate surface area is 108 Å². The molecule has 0 aromatic carbocycles. The average molecular weight is 254 g/mol. The Morgan fingerprint density at radius 3 is 2.94 bits per heavy atom. The van der Waals surface area contributed by atoms with E-state index in [1.54, 1.807) is 0 Å². The first-order valence-corrected chi connectivity index (χ1v) is 7.63. The summed E-state index contributed by atoms with van der Waals surface area (Å²) in [7, 11) is 0. The number of thioether (sulfide) groups is 1. The maximum atomic E-state index is 9.99. The second-order valence-corrected chi connectivity index (χ2v) is 6.14. The van der Waals surface area contributed by atoms with Gasteiger partial charge in [0, 0.05) is 30.2 Å². The number of rotatable bonds is 6. The minimum absolute atomic E-state index is 0.227. The standard InChI is InChI=1S/C13H22N2OS/c1-2-15-9-11(8-14-15)7-12(16)10-17-13-5-3-4-6-13/h8-9,12-13,16H,2-7,10H2,1H3. The predicted molar refractivity (Wildman–Crippen MR) is 72.3 cm³/mol. The van der Waals surface area contributed by atoms with Gasteiger partial charge in [-0.05, 0) is 25.3 Å². The van der Waals surface area contributed by atoms with E-state index in [-0.39, 0.29) is 6.10 Å². The fourth-order valence-electron chi connectivity index (χ4n) is 2.32. The Morgan fingerprint density at radius 2 is 2.29 bits per heavy atom. The van der Waals surface area contributed by atoms with Crippen molar-refractivity contribution in [1.82, 2.24) is 9.78 Å². The summed E-state index contributed by atoms with van der Waals surface area (Å²) >= 11 is 1.95. The molecule has 1 heterocycles. The molecule has 17 heavy (non-hydrogen) atoms. The minimum Gasteiger partial charge on any atom is -0.392 e. The molecule has 0 aliphatic heterocycles. The summed E-state index contributed by atoms with van der Waals surface area (Å²) in [4.78, 5) is 0. The van der Waals surface area contributed by atoms with E-state index in [0.29, 0.717) is 0 Å². The van der Waals surface area contributed by atoms with Crippen LogP contribution in [0.3, 0.4) is 0 Å². The molecule has 0 spiro atoms. The highest BCUT2D eigenvalue weighted by molar-refractivity contribution is 7.99. The Hall–Kier alpha value is -0.480. The molecule has 2 rings (SSSR count). The van der Waals surface area contributed by atoms with E-state index in [2.05, 4.69) is 12.0 Å². The zero-order valence-corrected chi connectivity index (χ0v) is 11.3. The van der Waals surface area contributed by atoms with Gasteiger partial charge in [0.2, 0.25) is 0 Å². The van der Waals surface area contributed by atoms with Crippen molar-refractivity contribution >= 4 is 11.8 Å². The van der Waals surface area contributed by atoms with E-state index in [0.717, 1.165) is 29.5 Å². The molecule has 0 saturated heterocycles. The van der Waals surface area contributed by atoms with Gasteiger partial charge in [-0.25, -0.2) is 0 Å². The molecule has 1 fully saturated rings. The van der Waals surface area contributed by atoms with Gasteiger partial charge < -0.3 is 5.11 Å². The molecule has 1 aliphatic carbocycles. The number of hydrogen-bond donors (Lipinski definition) is 1. The maximum absolute atomic E-state index is 9.99. The van der Waals surface area contributed by atoms with E-state index in [9.17, 15) is 5.11 Å². The molecule has 3 nitrogen and oxygen atoms in total. The van der Waals surface area contributed by atoms with Gasteiger partial charge in [-0.2, -0.15) is 16.9 Å². The van der Waals surface area contributed by atoms with Crippen LogP contribution < -0.4 is 0 Å². The highest BCUT2D eigenvalue weighted by Crippen LogP contribution is 2.29. The van der Waals surface area contributed by atoms with Crippen LogP contribution in [0.25, 0.3) is 0 Å². The number of aromatic nitrogens is 2. The van der Waals surface area contributed by atoms with E-state index >= 15 is 0 Å². The number of nitrogens with zero attached hydrogens (tertiary/aromatic N) is 2. The lowest BCUT2D eigenvalue weighted by molar-refractivity contribution is 0.200. The molecule has 4 heteroatoms. The van der Waals surface area contributed by atoms with Crippen LogP contribution >= 0.6 is 11.8 Å². The molecular formula is C13H22N2OS. The Morgan fingerprint density at radius 1 is 1.53 bits per heavy atom. The first-order valence-electron chi connectivity index (χ1n) is 6.59. The normalized spacial score (nSPS) is 18.7. The van der Waals surface area contributed by atoms with E-state index in [1.165, 1.54) is 25.7 Å². The van der Waals surface area contributed by atoms with Crippen LogP contribution in [0.15, 0.2) is 12.4 Å². The highest BCUT2D eigenvalue weighted by Gasteiger charge is 2.17. The SMILES string of the molecule is CCn1cc(CC(O)CSC2CCCC2)cn1. The lowest BCUT2D eigenvalue weighted by atomic mass is 10.2. The van der Waals surface area contributed by atoms with Gasteiger partial charge in [0.15, 0.2) is 0 Å². The van der Waals surface area contributed by atoms with E-state index in [1.807, 2.05) is 28.8 Å². The van der Waals surface area contributed by atoms with Crippen molar-refractivity contribution in [3.8, 4) is 0 Å².